The van der Waals surface area contributed by atoms with Crippen LogP contribution >= 0.6 is 9.24 Å². The summed E-state index contributed by atoms with van der Waals surface area (Å²) in [6.07, 6.45) is 0. The summed E-state index contributed by atoms with van der Waals surface area (Å²) in [6.45, 7) is 5.75. The van der Waals surface area contributed by atoms with Gasteiger partial charge in [0.05, 0.1) is 5.69 Å². The summed E-state index contributed by atoms with van der Waals surface area (Å²) >= 11 is 0. The van der Waals surface area contributed by atoms with Gasteiger partial charge in [0.25, 0.3) is 0 Å². The third kappa shape index (κ3) is 7.79. The predicted octanol–water partition coefficient (Wildman–Crippen LogP) is 4.62. The lowest BCUT2D eigenvalue weighted by Crippen LogP contribution is -2.29. The zero-order chi connectivity index (χ0) is 24.1. The average Bonchev–Trinajstić information content (AvgIpc) is 2.74. The molecule has 3 rings (SSSR count). The number of halogens is 1. The fourth-order valence-electron chi connectivity index (χ4n) is 3.15. The Morgan fingerprint density at radius 2 is 1.67 bits per heavy atom. The summed E-state index contributed by atoms with van der Waals surface area (Å²) in [5.41, 5.74) is 2.21. The van der Waals surface area contributed by atoms with Crippen molar-refractivity contribution in [1.82, 2.24) is 5.32 Å². The van der Waals surface area contributed by atoms with Crippen molar-refractivity contribution >= 4 is 25.0 Å². The smallest absolute Gasteiger partial charge is 0.241 e. The molecule has 176 valence electrons. The van der Waals surface area contributed by atoms with E-state index in [9.17, 15) is 12.8 Å². The lowest BCUT2D eigenvalue weighted by molar-refractivity contribution is 0.467. The van der Waals surface area contributed by atoms with E-state index in [0.717, 1.165) is 11.1 Å². The van der Waals surface area contributed by atoms with Crippen LogP contribution in [0.1, 0.15) is 25.0 Å². The zero-order valence-corrected chi connectivity index (χ0v) is 20.6. The molecule has 0 amide bonds. The standard InChI is InChI=1S/C24H29FN3O3PS/c1-24(2,32)16-27-14-18-12-21(28-15-17-6-4-3-5-7-17)23(22(13-18)33(26,29)30)31-20-10-8-19(25)9-11-20/h3-13,27-28H,14-16,32H2,1-2H3,(H2,26,29,30). The molecule has 9 heteroatoms. The second-order valence-electron chi connectivity index (χ2n) is 8.50. The maximum Gasteiger partial charge on any atom is 0.241 e. The highest BCUT2D eigenvalue weighted by Crippen LogP contribution is 2.37. The molecule has 0 saturated carbocycles. The Morgan fingerprint density at radius 1 is 1.00 bits per heavy atom. The van der Waals surface area contributed by atoms with Crippen molar-refractivity contribution in [3.8, 4) is 11.5 Å². The highest BCUT2D eigenvalue weighted by Gasteiger charge is 2.22. The molecule has 1 unspecified atom stereocenters. The van der Waals surface area contributed by atoms with Crippen LogP contribution in [0.5, 0.6) is 11.5 Å². The Hall–Kier alpha value is -2.51. The van der Waals surface area contributed by atoms with E-state index in [1.54, 1.807) is 0 Å². The molecular formula is C24H29FN3O3PS. The molecule has 0 aliphatic heterocycles. The van der Waals surface area contributed by atoms with Crippen LogP contribution in [0.4, 0.5) is 10.1 Å². The minimum atomic E-state index is -4.11. The minimum Gasteiger partial charge on any atom is -0.454 e. The second kappa shape index (κ2) is 10.6. The number of ether oxygens (including phenoxy) is 1. The molecule has 0 fully saturated rings. The summed E-state index contributed by atoms with van der Waals surface area (Å²) in [4.78, 5) is -0.146. The fourth-order valence-corrected chi connectivity index (χ4v) is 4.02. The van der Waals surface area contributed by atoms with Gasteiger partial charge in [-0.1, -0.05) is 44.2 Å². The summed E-state index contributed by atoms with van der Waals surface area (Å²) in [5.74, 6) is -0.0651. The maximum absolute atomic E-state index is 13.3. The number of nitrogens with two attached hydrogens (primary N) is 1. The number of rotatable bonds is 10. The molecule has 0 saturated heterocycles. The predicted molar refractivity (Wildman–Crippen MR) is 134 cm³/mol. The number of benzene rings is 3. The van der Waals surface area contributed by atoms with Gasteiger partial charge in [-0.15, -0.1) is 9.24 Å². The van der Waals surface area contributed by atoms with Crippen molar-refractivity contribution in [1.29, 1.82) is 0 Å². The van der Waals surface area contributed by atoms with Gasteiger partial charge in [0, 0.05) is 19.6 Å². The Kier molecular flexibility index (Phi) is 8.08. The molecular weight excluding hydrogens is 460 g/mol. The van der Waals surface area contributed by atoms with Crippen molar-refractivity contribution < 1.29 is 17.5 Å². The summed E-state index contributed by atoms with van der Waals surface area (Å²) in [6, 6.07) is 18.4. The van der Waals surface area contributed by atoms with E-state index >= 15 is 0 Å². The number of hydrogen-bond donors (Lipinski definition) is 3. The lowest BCUT2D eigenvalue weighted by Gasteiger charge is -2.21. The Labute approximate surface area is 197 Å². The van der Waals surface area contributed by atoms with Gasteiger partial charge in [-0.3, -0.25) is 0 Å². The first kappa shape index (κ1) is 25.1. The summed E-state index contributed by atoms with van der Waals surface area (Å²) < 4.78 is 44.2. The zero-order valence-electron chi connectivity index (χ0n) is 18.6. The van der Waals surface area contributed by atoms with E-state index in [2.05, 4.69) is 33.7 Å². The average molecular weight is 490 g/mol. The van der Waals surface area contributed by atoms with E-state index in [-0.39, 0.29) is 15.8 Å². The maximum atomic E-state index is 13.3. The molecule has 33 heavy (non-hydrogen) atoms. The van der Waals surface area contributed by atoms with Crippen molar-refractivity contribution in [2.45, 2.75) is 37.0 Å². The summed E-state index contributed by atoms with van der Waals surface area (Å²) in [7, 11) is -1.35. The largest absolute Gasteiger partial charge is 0.454 e. The second-order valence-corrected chi connectivity index (χ2v) is 11.6. The van der Waals surface area contributed by atoms with Gasteiger partial charge in [-0.2, -0.15) is 0 Å². The molecule has 0 aromatic heterocycles. The lowest BCUT2D eigenvalue weighted by atomic mass is 10.1. The normalized spacial score (nSPS) is 11.9. The molecule has 0 bridgehead atoms. The molecule has 0 heterocycles. The van der Waals surface area contributed by atoms with Gasteiger partial charge in [0.2, 0.25) is 10.0 Å². The fraction of sp³-hybridized carbons (Fsp3) is 0.250. The van der Waals surface area contributed by atoms with E-state index in [4.69, 9.17) is 9.88 Å². The van der Waals surface area contributed by atoms with Crippen LogP contribution < -0.4 is 20.5 Å². The molecule has 4 N–H and O–H groups in total. The van der Waals surface area contributed by atoms with Gasteiger partial charge >= 0.3 is 0 Å². The van der Waals surface area contributed by atoms with Crippen LogP contribution in [0.2, 0.25) is 0 Å². The molecule has 3 aromatic rings. The molecule has 0 aliphatic carbocycles. The molecule has 6 nitrogen and oxygen atoms in total. The summed E-state index contributed by atoms with van der Waals surface area (Å²) in [5, 5.41) is 12.1. The van der Waals surface area contributed by atoms with Gasteiger partial charge in [0.1, 0.15) is 16.5 Å². The number of sulfonamides is 1. The van der Waals surface area contributed by atoms with Crippen LogP contribution in [-0.4, -0.2) is 20.1 Å². The SMILES string of the molecule is CC(C)(P)CNCc1cc(NCc2ccccc2)c(Oc2ccc(F)cc2)c(S(N)(=O)=O)c1. The highest BCUT2D eigenvalue weighted by molar-refractivity contribution is 7.89. The van der Waals surface area contributed by atoms with Crippen molar-refractivity contribution in [3.05, 3.63) is 83.7 Å². The molecule has 3 aromatic carbocycles. The van der Waals surface area contributed by atoms with Crippen LogP contribution in [0, 0.1) is 5.82 Å². The van der Waals surface area contributed by atoms with Crippen LogP contribution in [0.3, 0.4) is 0 Å². The molecule has 0 radical (unpaired) electrons. The van der Waals surface area contributed by atoms with E-state index in [0.29, 0.717) is 31.1 Å². The van der Waals surface area contributed by atoms with Gasteiger partial charge in [-0.05, 0) is 52.7 Å². The molecule has 0 aliphatic rings. The minimum absolute atomic E-state index is 0.0111. The number of nitrogens with one attached hydrogen (secondary N) is 2. The van der Waals surface area contributed by atoms with Gasteiger partial charge in [0.15, 0.2) is 5.75 Å². The Morgan fingerprint density at radius 3 is 2.27 bits per heavy atom. The third-order valence-electron chi connectivity index (χ3n) is 4.69. The van der Waals surface area contributed by atoms with Crippen molar-refractivity contribution in [2.24, 2.45) is 5.14 Å². The topological polar surface area (TPSA) is 93.4 Å². The Bertz CT molecular complexity index is 1180. The first-order valence-corrected chi connectivity index (χ1v) is 12.5. The van der Waals surface area contributed by atoms with Crippen LogP contribution in [0.25, 0.3) is 0 Å². The Balaban J connectivity index is 2.01. The third-order valence-corrected chi connectivity index (χ3v) is 5.81. The number of hydrogen-bond acceptors (Lipinski definition) is 5. The van der Waals surface area contributed by atoms with E-state index in [1.807, 2.05) is 36.4 Å². The number of anilines is 1. The number of primary sulfonamides is 1. The van der Waals surface area contributed by atoms with Gasteiger partial charge < -0.3 is 15.4 Å². The highest BCUT2D eigenvalue weighted by atomic mass is 32.2. The van der Waals surface area contributed by atoms with Gasteiger partial charge in [-0.25, -0.2) is 17.9 Å². The monoisotopic (exact) mass is 489 g/mol. The van der Waals surface area contributed by atoms with Crippen molar-refractivity contribution in [3.63, 3.8) is 0 Å². The molecule has 0 spiro atoms. The van der Waals surface area contributed by atoms with Crippen molar-refractivity contribution in [2.75, 3.05) is 11.9 Å². The van der Waals surface area contributed by atoms with Crippen LogP contribution in [-0.2, 0) is 23.1 Å². The van der Waals surface area contributed by atoms with E-state index < -0.39 is 15.8 Å². The molecule has 1 atom stereocenters. The first-order valence-electron chi connectivity index (χ1n) is 10.4. The van der Waals surface area contributed by atoms with Crippen LogP contribution in [0.15, 0.2) is 71.6 Å². The first-order chi connectivity index (χ1) is 15.5. The van der Waals surface area contributed by atoms with E-state index in [1.165, 1.54) is 30.3 Å². The quantitative estimate of drug-likeness (QED) is 0.362.